The maximum Gasteiger partial charge on any atom is 0.165 e. The molecule has 0 radical (unpaired) electrons. The summed E-state index contributed by atoms with van der Waals surface area (Å²) in [5, 5.41) is 14.9. The Morgan fingerprint density at radius 1 is 1.43 bits per heavy atom. The highest BCUT2D eigenvalue weighted by Gasteiger charge is 2.04. The Morgan fingerprint density at radius 2 is 2.21 bits per heavy atom. The van der Waals surface area contributed by atoms with Crippen LogP contribution in [0.25, 0.3) is 0 Å². The van der Waals surface area contributed by atoms with Crippen LogP contribution in [0.5, 0.6) is 0 Å². The van der Waals surface area contributed by atoms with Crippen molar-refractivity contribution in [2.45, 2.75) is 40.3 Å². The maximum absolute atomic E-state index is 3.97. The van der Waals surface area contributed by atoms with Gasteiger partial charge in [0.1, 0.15) is 0 Å². The van der Waals surface area contributed by atoms with E-state index in [0.29, 0.717) is 5.92 Å². The quantitative estimate of drug-likeness (QED) is 0.734. The number of aromatic nitrogens is 4. The molecule has 1 aromatic rings. The second-order valence-electron chi connectivity index (χ2n) is 3.84. The highest BCUT2D eigenvalue weighted by molar-refractivity contribution is 4.79. The lowest BCUT2D eigenvalue weighted by molar-refractivity contribution is 0.506. The highest BCUT2D eigenvalue weighted by Crippen LogP contribution is 1.95. The normalized spacial score (nSPS) is 11.1. The standard InChI is InChI=1S/C9H19N5/c1-4-5-14-9(11-12-13-14)7-10-6-8(2)3/h8,10H,4-7H2,1-3H3. The Hall–Kier alpha value is -0.970. The van der Waals surface area contributed by atoms with Gasteiger partial charge in [-0.15, -0.1) is 5.10 Å². The minimum absolute atomic E-state index is 0.658. The molecule has 5 heteroatoms. The summed E-state index contributed by atoms with van der Waals surface area (Å²) in [4.78, 5) is 0. The number of hydrogen-bond donors (Lipinski definition) is 1. The molecule has 0 saturated heterocycles. The van der Waals surface area contributed by atoms with Gasteiger partial charge in [0.15, 0.2) is 5.82 Å². The Kier molecular flexibility index (Phi) is 4.52. The fourth-order valence-corrected chi connectivity index (χ4v) is 1.21. The molecule has 1 rings (SSSR count). The summed E-state index contributed by atoms with van der Waals surface area (Å²) in [6.45, 7) is 9.13. The number of rotatable bonds is 6. The van der Waals surface area contributed by atoms with Gasteiger partial charge in [-0.05, 0) is 29.3 Å². The number of nitrogens with zero attached hydrogens (tertiary/aromatic N) is 4. The Morgan fingerprint density at radius 3 is 2.86 bits per heavy atom. The molecule has 1 heterocycles. The van der Waals surface area contributed by atoms with Crippen LogP contribution in [0.1, 0.15) is 33.0 Å². The third-order valence-corrected chi connectivity index (χ3v) is 1.88. The summed E-state index contributed by atoms with van der Waals surface area (Å²) in [6.07, 6.45) is 1.06. The van der Waals surface area contributed by atoms with E-state index >= 15 is 0 Å². The van der Waals surface area contributed by atoms with Crippen LogP contribution in [0.4, 0.5) is 0 Å². The molecule has 0 unspecified atom stereocenters. The van der Waals surface area contributed by atoms with Gasteiger partial charge in [0.2, 0.25) is 0 Å². The number of tetrazole rings is 1. The fourth-order valence-electron chi connectivity index (χ4n) is 1.21. The molecule has 0 saturated carbocycles. The molecule has 0 amide bonds. The lowest BCUT2D eigenvalue weighted by Gasteiger charge is -2.06. The molecule has 14 heavy (non-hydrogen) atoms. The van der Waals surface area contributed by atoms with Gasteiger partial charge < -0.3 is 5.32 Å². The summed E-state index contributed by atoms with van der Waals surface area (Å²) in [7, 11) is 0. The molecule has 0 bridgehead atoms. The largest absolute Gasteiger partial charge is 0.310 e. The van der Waals surface area contributed by atoms with Gasteiger partial charge in [-0.25, -0.2) is 4.68 Å². The van der Waals surface area contributed by atoms with Crippen molar-refractivity contribution in [2.24, 2.45) is 5.92 Å². The summed E-state index contributed by atoms with van der Waals surface area (Å²) in [5.74, 6) is 1.58. The first-order valence-electron chi connectivity index (χ1n) is 5.19. The second-order valence-corrected chi connectivity index (χ2v) is 3.84. The molecule has 0 aliphatic carbocycles. The Bertz CT molecular complexity index is 255. The summed E-state index contributed by atoms with van der Waals surface area (Å²) in [5.41, 5.74) is 0. The van der Waals surface area contributed by atoms with E-state index in [-0.39, 0.29) is 0 Å². The van der Waals surface area contributed by atoms with Gasteiger partial charge >= 0.3 is 0 Å². The predicted octanol–water partition coefficient (Wildman–Crippen LogP) is 0.829. The fraction of sp³-hybridized carbons (Fsp3) is 0.889. The van der Waals surface area contributed by atoms with Crippen LogP contribution in [-0.2, 0) is 13.1 Å². The smallest absolute Gasteiger partial charge is 0.165 e. The second kappa shape index (κ2) is 5.70. The topological polar surface area (TPSA) is 55.6 Å². The van der Waals surface area contributed by atoms with E-state index in [0.717, 1.165) is 31.9 Å². The molecule has 5 nitrogen and oxygen atoms in total. The van der Waals surface area contributed by atoms with E-state index in [1.807, 2.05) is 4.68 Å². The SMILES string of the molecule is CCCn1nnnc1CNCC(C)C. The Balaban J connectivity index is 2.37. The van der Waals surface area contributed by atoms with Gasteiger partial charge in [-0.3, -0.25) is 0 Å². The van der Waals surface area contributed by atoms with E-state index in [2.05, 4.69) is 41.6 Å². The van der Waals surface area contributed by atoms with Crippen LogP contribution in [0, 0.1) is 5.92 Å². The van der Waals surface area contributed by atoms with Crippen LogP contribution >= 0.6 is 0 Å². The Labute approximate surface area is 84.9 Å². The van der Waals surface area contributed by atoms with Gasteiger partial charge in [0.25, 0.3) is 0 Å². The van der Waals surface area contributed by atoms with E-state index in [1.54, 1.807) is 0 Å². The van der Waals surface area contributed by atoms with E-state index < -0.39 is 0 Å². The number of hydrogen-bond acceptors (Lipinski definition) is 4. The lowest BCUT2D eigenvalue weighted by Crippen LogP contribution is -2.21. The summed E-state index contributed by atoms with van der Waals surface area (Å²) in [6, 6.07) is 0. The molecule has 1 aromatic heterocycles. The third kappa shape index (κ3) is 3.41. The summed E-state index contributed by atoms with van der Waals surface area (Å²) >= 11 is 0. The number of nitrogens with one attached hydrogen (secondary N) is 1. The molecule has 80 valence electrons. The van der Waals surface area contributed by atoms with Crippen LogP contribution in [0.3, 0.4) is 0 Å². The molecule has 1 N–H and O–H groups in total. The monoisotopic (exact) mass is 197 g/mol. The van der Waals surface area contributed by atoms with Gasteiger partial charge in [0.05, 0.1) is 6.54 Å². The van der Waals surface area contributed by atoms with Crippen molar-refractivity contribution in [1.82, 2.24) is 25.5 Å². The zero-order valence-electron chi connectivity index (χ0n) is 9.19. The zero-order chi connectivity index (χ0) is 10.4. The average Bonchev–Trinajstić information content (AvgIpc) is 2.53. The van der Waals surface area contributed by atoms with E-state index in [9.17, 15) is 0 Å². The van der Waals surface area contributed by atoms with Crippen LogP contribution in [-0.4, -0.2) is 26.8 Å². The van der Waals surface area contributed by atoms with Crippen molar-refractivity contribution >= 4 is 0 Å². The lowest BCUT2D eigenvalue weighted by atomic mass is 10.2. The molecule has 0 fully saturated rings. The summed E-state index contributed by atoms with van der Waals surface area (Å²) < 4.78 is 1.85. The number of aryl methyl sites for hydroxylation is 1. The molecule has 0 aliphatic rings. The van der Waals surface area contributed by atoms with Crippen molar-refractivity contribution in [1.29, 1.82) is 0 Å². The minimum atomic E-state index is 0.658. The molecular weight excluding hydrogens is 178 g/mol. The van der Waals surface area contributed by atoms with Gasteiger partial charge in [-0.2, -0.15) is 0 Å². The average molecular weight is 197 g/mol. The molecule has 0 atom stereocenters. The first kappa shape index (κ1) is 11.1. The zero-order valence-corrected chi connectivity index (χ0v) is 9.19. The van der Waals surface area contributed by atoms with Crippen molar-refractivity contribution in [3.63, 3.8) is 0 Å². The third-order valence-electron chi connectivity index (χ3n) is 1.88. The van der Waals surface area contributed by atoms with Crippen molar-refractivity contribution in [2.75, 3.05) is 6.54 Å². The predicted molar refractivity (Wildman–Crippen MR) is 54.7 cm³/mol. The maximum atomic E-state index is 3.97. The van der Waals surface area contributed by atoms with E-state index in [4.69, 9.17) is 0 Å². The van der Waals surface area contributed by atoms with Gasteiger partial charge in [-0.1, -0.05) is 20.8 Å². The minimum Gasteiger partial charge on any atom is -0.310 e. The van der Waals surface area contributed by atoms with Crippen molar-refractivity contribution in [3.8, 4) is 0 Å². The van der Waals surface area contributed by atoms with Crippen LogP contribution in [0.15, 0.2) is 0 Å². The molecule has 0 spiro atoms. The highest BCUT2D eigenvalue weighted by atomic mass is 15.5. The van der Waals surface area contributed by atoms with Crippen molar-refractivity contribution < 1.29 is 0 Å². The molecular formula is C9H19N5. The molecule has 0 aromatic carbocycles. The van der Waals surface area contributed by atoms with Crippen LogP contribution in [0.2, 0.25) is 0 Å². The van der Waals surface area contributed by atoms with Gasteiger partial charge in [0, 0.05) is 6.54 Å². The molecule has 0 aliphatic heterocycles. The van der Waals surface area contributed by atoms with Crippen molar-refractivity contribution in [3.05, 3.63) is 5.82 Å². The first-order chi connectivity index (χ1) is 6.74. The van der Waals surface area contributed by atoms with E-state index in [1.165, 1.54) is 0 Å². The first-order valence-corrected chi connectivity index (χ1v) is 5.19. The van der Waals surface area contributed by atoms with Crippen LogP contribution < -0.4 is 5.32 Å².